The first-order chi connectivity index (χ1) is 9.97. The first kappa shape index (κ1) is 17.2. The quantitative estimate of drug-likeness (QED) is 0.872. The molecule has 0 spiro atoms. The van der Waals surface area contributed by atoms with Gasteiger partial charge in [0.2, 0.25) is 0 Å². The van der Waals surface area contributed by atoms with Gasteiger partial charge in [0, 0.05) is 28.6 Å². The van der Waals surface area contributed by atoms with Crippen LogP contribution in [0.4, 0.5) is 0 Å². The van der Waals surface area contributed by atoms with Gasteiger partial charge in [0.15, 0.2) is 0 Å². The number of hydrogen-bond donors (Lipinski definition) is 1. The summed E-state index contributed by atoms with van der Waals surface area (Å²) in [4.78, 5) is 4.85. The molecule has 0 bridgehead atoms. The Morgan fingerprint density at radius 1 is 1.43 bits per heavy atom. The van der Waals surface area contributed by atoms with Crippen LogP contribution in [0.1, 0.15) is 31.4 Å². The molecule has 3 nitrogen and oxygen atoms in total. The number of aliphatic hydroxyl groups excluding tert-OH is 1. The summed E-state index contributed by atoms with van der Waals surface area (Å²) in [6, 6.07) is 6.19. The van der Waals surface area contributed by atoms with E-state index in [0.717, 1.165) is 42.6 Å². The third-order valence-electron chi connectivity index (χ3n) is 4.20. The van der Waals surface area contributed by atoms with Crippen LogP contribution in [0.15, 0.2) is 22.7 Å². The van der Waals surface area contributed by atoms with Crippen LogP contribution < -0.4 is 0 Å². The fourth-order valence-corrected chi connectivity index (χ4v) is 3.77. The van der Waals surface area contributed by atoms with E-state index in [1.54, 1.807) is 0 Å². The maximum Gasteiger partial charge on any atom is 0.0816 e. The lowest BCUT2D eigenvalue weighted by atomic mass is 10.1. The molecule has 2 unspecified atom stereocenters. The maximum absolute atomic E-state index is 10.4. The van der Waals surface area contributed by atoms with E-state index in [2.05, 4.69) is 39.7 Å². The van der Waals surface area contributed by atoms with E-state index in [1.165, 1.54) is 6.42 Å². The molecular formula is C16H24BrClN2O. The van der Waals surface area contributed by atoms with Gasteiger partial charge in [-0.1, -0.05) is 33.6 Å². The van der Waals surface area contributed by atoms with Crippen molar-refractivity contribution in [2.75, 3.05) is 33.2 Å². The van der Waals surface area contributed by atoms with E-state index in [0.29, 0.717) is 11.1 Å². The van der Waals surface area contributed by atoms with Crippen molar-refractivity contribution in [3.05, 3.63) is 33.3 Å². The summed E-state index contributed by atoms with van der Waals surface area (Å²) in [5.41, 5.74) is 0.819. The summed E-state index contributed by atoms with van der Waals surface area (Å²) < 4.78 is 0.938. The molecule has 1 aliphatic rings. The van der Waals surface area contributed by atoms with Gasteiger partial charge in [0.1, 0.15) is 0 Å². The van der Waals surface area contributed by atoms with Crippen molar-refractivity contribution in [3.63, 3.8) is 0 Å². The minimum Gasteiger partial charge on any atom is -0.388 e. The summed E-state index contributed by atoms with van der Waals surface area (Å²) in [5, 5.41) is 11.0. The molecule has 1 aliphatic heterocycles. The molecule has 1 fully saturated rings. The van der Waals surface area contributed by atoms with Crippen molar-refractivity contribution < 1.29 is 5.11 Å². The van der Waals surface area contributed by atoms with Crippen molar-refractivity contribution in [1.29, 1.82) is 0 Å². The number of aliphatic hydroxyl groups is 1. The monoisotopic (exact) mass is 374 g/mol. The highest BCUT2D eigenvalue weighted by atomic mass is 79.9. The molecule has 0 radical (unpaired) electrons. The number of hydrogen-bond acceptors (Lipinski definition) is 3. The topological polar surface area (TPSA) is 26.7 Å². The minimum atomic E-state index is -0.501. The van der Waals surface area contributed by atoms with E-state index in [9.17, 15) is 5.11 Å². The zero-order valence-electron chi connectivity index (χ0n) is 12.7. The summed E-state index contributed by atoms with van der Waals surface area (Å²) in [6.45, 7) is 6.52. The van der Waals surface area contributed by atoms with Crippen molar-refractivity contribution in [3.8, 4) is 0 Å². The highest BCUT2D eigenvalue weighted by Gasteiger charge is 2.21. The van der Waals surface area contributed by atoms with Gasteiger partial charge in [-0.3, -0.25) is 4.90 Å². The minimum absolute atomic E-state index is 0.501. The van der Waals surface area contributed by atoms with Crippen molar-refractivity contribution in [2.45, 2.75) is 31.9 Å². The summed E-state index contributed by atoms with van der Waals surface area (Å²) >= 11 is 9.60. The first-order valence-corrected chi connectivity index (χ1v) is 8.70. The smallest absolute Gasteiger partial charge is 0.0816 e. The van der Waals surface area contributed by atoms with Crippen molar-refractivity contribution >= 4 is 27.5 Å². The van der Waals surface area contributed by atoms with Crippen LogP contribution in [0, 0.1) is 0 Å². The molecule has 1 aromatic carbocycles. The van der Waals surface area contributed by atoms with Gasteiger partial charge >= 0.3 is 0 Å². The number of likely N-dealkylation sites (N-methyl/N-ethyl adjacent to an activating group) is 1. The van der Waals surface area contributed by atoms with Crippen molar-refractivity contribution in [2.24, 2.45) is 0 Å². The van der Waals surface area contributed by atoms with E-state index >= 15 is 0 Å². The van der Waals surface area contributed by atoms with Gasteiger partial charge in [0.05, 0.1) is 6.10 Å². The highest BCUT2D eigenvalue weighted by Crippen LogP contribution is 2.28. The van der Waals surface area contributed by atoms with Crippen molar-refractivity contribution in [1.82, 2.24) is 9.80 Å². The lowest BCUT2D eigenvalue weighted by Crippen LogP contribution is -2.38. The highest BCUT2D eigenvalue weighted by molar-refractivity contribution is 9.10. The largest absolute Gasteiger partial charge is 0.388 e. The molecule has 118 valence electrons. The SMILES string of the molecule is CC1CN(C)CCCN1CCC(O)c1ccc(Br)cc1Cl. The molecule has 2 atom stereocenters. The normalized spacial score (nSPS) is 23.0. The fraction of sp³-hybridized carbons (Fsp3) is 0.625. The molecule has 5 heteroatoms. The van der Waals surface area contributed by atoms with Gasteiger partial charge in [-0.15, -0.1) is 0 Å². The molecule has 21 heavy (non-hydrogen) atoms. The van der Waals surface area contributed by atoms with E-state index in [1.807, 2.05) is 18.2 Å². The summed E-state index contributed by atoms with van der Waals surface area (Å²) in [7, 11) is 2.18. The van der Waals surface area contributed by atoms with Crippen LogP contribution in [-0.4, -0.2) is 54.2 Å². The van der Waals surface area contributed by atoms with Gasteiger partial charge in [-0.05, 0) is 57.6 Å². The Labute approximate surface area is 141 Å². The third-order valence-corrected chi connectivity index (χ3v) is 5.02. The second kappa shape index (κ2) is 7.93. The predicted octanol–water partition coefficient (Wildman–Crippen LogP) is 3.55. The Kier molecular flexibility index (Phi) is 6.51. The third kappa shape index (κ3) is 4.93. The second-order valence-electron chi connectivity index (χ2n) is 5.97. The van der Waals surface area contributed by atoms with Crippen LogP contribution in [0.2, 0.25) is 5.02 Å². The van der Waals surface area contributed by atoms with Crippen LogP contribution >= 0.6 is 27.5 Å². The molecule has 0 aromatic heterocycles. The fourth-order valence-electron chi connectivity index (χ4n) is 2.97. The van der Waals surface area contributed by atoms with Crippen LogP contribution in [-0.2, 0) is 0 Å². The summed E-state index contributed by atoms with van der Waals surface area (Å²) in [5.74, 6) is 0. The second-order valence-corrected chi connectivity index (χ2v) is 7.29. The Balaban J connectivity index is 1.92. The van der Waals surface area contributed by atoms with Gasteiger partial charge in [-0.2, -0.15) is 0 Å². The number of halogens is 2. The van der Waals surface area contributed by atoms with E-state index < -0.39 is 6.10 Å². The lowest BCUT2D eigenvalue weighted by Gasteiger charge is -2.28. The molecule has 1 aromatic rings. The van der Waals surface area contributed by atoms with Gasteiger partial charge in [-0.25, -0.2) is 0 Å². The molecule has 2 rings (SSSR count). The number of rotatable bonds is 4. The van der Waals surface area contributed by atoms with Gasteiger partial charge < -0.3 is 10.0 Å². The Hall–Kier alpha value is -0.130. The molecule has 1 saturated heterocycles. The molecule has 0 aliphatic carbocycles. The maximum atomic E-state index is 10.4. The Bertz CT molecular complexity index is 472. The predicted molar refractivity (Wildman–Crippen MR) is 91.9 cm³/mol. The molecule has 0 saturated carbocycles. The molecule has 1 heterocycles. The zero-order valence-corrected chi connectivity index (χ0v) is 15.1. The first-order valence-electron chi connectivity index (χ1n) is 7.53. The number of nitrogens with zero attached hydrogens (tertiary/aromatic N) is 2. The lowest BCUT2D eigenvalue weighted by molar-refractivity contribution is 0.127. The average molecular weight is 376 g/mol. The standard InChI is InChI=1S/C16H24BrClN2O/c1-12-11-19(2)7-3-8-20(12)9-6-16(21)14-5-4-13(17)10-15(14)18/h4-5,10,12,16,21H,3,6-9,11H2,1-2H3. The molecule has 0 amide bonds. The Morgan fingerprint density at radius 3 is 2.90 bits per heavy atom. The van der Waals surface area contributed by atoms with Crippen LogP contribution in [0.5, 0.6) is 0 Å². The number of benzene rings is 1. The average Bonchev–Trinajstić information content (AvgIpc) is 2.57. The Morgan fingerprint density at radius 2 is 2.19 bits per heavy atom. The van der Waals surface area contributed by atoms with Crippen LogP contribution in [0.3, 0.4) is 0 Å². The zero-order chi connectivity index (χ0) is 15.4. The summed E-state index contributed by atoms with van der Waals surface area (Å²) in [6.07, 6.45) is 1.41. The molecular weight excluding hydrogens is 352 g/mol. The van der Waals surface area contributed by atoms with Crippen LogP contribution in [0.25, 0.3) is 0 Å². The van der Waals surface area contributed by atoms with E-state index in [-0.39, 0.29) is 0 Å². The molecule has 1 N–H and O–H groups in total. The van der Waals surface area contributed by atoms with Gasteiger partial charge in [0.25, 0.3) is 0 Å². The van der Waals surface area contributed by atoms with E-state index in [4.69, 9.17) is 11.6 Å².